The molecule has 0 aliphatic rings. The van der Waals surface area contributed by atoms with E-state index in [4.69, 9.17) is 10.5 Å². The van der Waals surface area contributed by atoms with E-state index in [1.807, 2.05) is 0 Å². The van der Waals surface area contributed by atoms with Crippen LogP contribution < -0.4 is 5.73 Å². The minimum atomic E-state index is -0.442. The van der Waals surface area contributed by atoms with Gasteiger partial charge in [-0.1, -0.05) is 11.8 Å². The van der Waals surface area contributed by atoms with Crippen molar-refractivity contribution in [3.05, 3.63) is 18.5 Å². The third kappa shape index (κ3) is 3.31. The van der Waals surface area contributed by atoms with Crippen molar-refractivity contribution >= 4 is 17.7 Å². The van der Waals surface area contributed by atoms with Crippen molar-refractivity contribution in [3.8, 4) is 0 Å². The number of rotatable bonds is 5. The van der Waals surface area contributed by atoms with E-state index in [-0.39, 0.29) is 6.61 Å². The molecule has 0 aliphatic carbocycles. The van der Waals surface area contributed by atoms with Gasteiger partial charge in [0.2, 0.25) is 5.91 Å². The molecule has 1 amide bonds. The van der Waals surface area contributed by atoms with Gasteiger partial charge in [-0.25, -0.2) is 9.97 Å². The van der Waals surface area contributed by atoms with E-state index in [1.165, 1.54) is 18.9 Å². The van der Waals surface area contributed by atoms with Crippen molar-refractivity contribution in [3.63, 3.8) is 0 Å². The maximum Gasteiger partial charge on any atom is 0.233 e. The first kappa shape index (κ1) is 10.9. The van der Waals surface area contributed by atoms with Crippen molar-refractivity contribution in [1.82, 2.24) is 9.97 Å². The second-order valence-electron chi connectivity index (χ2n) is 2.50. The van der Waals surface area contributed by atoms with Crippen LogP contribution in [-0.2, 0) is 9.53 Å². The summed E-state index contributed by atoms with van der Waals surface area (Å²) >= 11 is 1.20. The molecule has 1 atom stereocenters. The lowest BCUT2D eigenvalue weighted by atomic mass is 10.4. The van der Waals surface area contributed by atoms with Gasteiger partial charge < -0.3 is 10.5 Å². The molecule has 14 heavy (non-hydrogen) atoms. The molecule has 1 aromatic heterocycles. The van der Waals surface area contributed by atoms with Crippen molar-refractivity contribution in [2.75, 3.05) is 13.7 Å². The lowest BCUT2D eigenvalue weighted by Crippen LogP contribution is -2.29. The van der Waals surface area contributed by atoms with Crippen LogP contribution in [0, 0.1) is 0 Å². The number of amides is 1. The first-order valence-corrected chi connectivity index (χ1v) is 4.84. The second kappa shape index (κ2) is 5.56. The van der Waals surface area contributed by atoms with E-state index in [0.717, 1.165) is 0 Å². The number of nitrogens with zero attached hydrogens (tertiary/aromatic N) is 2. The van der Waals surface area contributed by atoms with Crippen LogP contribution in [0.4, 0.5) is 0 Å². The fraction of sp³-hybridized carbons (Fsp3) is 0.375. The van der Waals surface area contributed by atoms with Gasteiger partial charge in [-0.15, -0.1) is 0 Å². The summed E-state index contributed by atoms with van der Waals surface area (Å²) in [6, 6.07) is 1.71. The Bertz CT molecular complexity index is 294. The monoisotopic (exact) mass is 213 g/mol. The zero-order valence-corrected chi connectivity index (χ0v) is 8.53. The summed E-state index contributed by atoms with van der Waals surface area (Å²) in [4.78, 5) is 18.9. The number of methoxy groups -OCH3 is 1. The van der Waals surface area contributed by atoms with E-state index in [9.17, 15) is 4.79 Å². The molecule has 1 rings (SSSR count). The number of aromatic nitrogens is 2. The lowest BCUT2D eigenvalue weighted by molar-refractivity contribution is -0.118. The maximum atomic E-state index is 11.0. The van der Waals surface area contributed by atoms with Crippen LogP contribution in [0.1, 0.15) is 0 Å². The molecule has 2 N–H and O–H groups in total. The Balaban J connectivity index is 2.60. The Hall–Kier alpha value is -1.14. The van der Waals surface area contributed by atoms with Crippen LogP contribution in [0.3, 0.4) is 0 Å². The van der Waals surface area contributed by atoms with Gasteiger partial charge in [0.1, 0.15) is 5.25 Å². The molecule has 1 heterocycles. The summed E-state index contributed by atoms with van der Waals surface area (Å²) in [7, 11) is 1.52. The predicted octanol–water partition coefficient (Wildman–Crippen LogP) is 0.0690. The van der Waals surface area contributed by atoms with Crippen LogP contribution in [0.15, 0.2) is 23.6 Å². The first-order chi connectivity index (χ1) is 6.74. The van der Waals surface area contributed by atoms with E-state index in [1.54, 1.807) is 18.5 Å². The van der Waals surface area contributed by atoms with Crippen LogP contribution in [0.25, 0.3) is 0 Å². The third-order valence-corrected chi connectivity index (χ3v) is 2.50. The minimum Gasteiger partial charge on any atom is -0.383 e. The zero-order valence-electron chi connectivity index (χ0n) is 7.71. The van der Waals surface area contributed by atoms with E-state index in [2.05, 4.69) is 9.97 Å². The smallest absolute Gasteiger partial charge is 0.233 e. The third-order valence-electron chi connectivity index (χ3n) is 1.43. The van der Waals surface area contributed by atoms with Crippen molar-refractivity contribution in [2.24, 2.45) is 5.73 Å². The Morgan fingerprint density at radius 1 is 1.64 bits per heavy atom. The van der Waals surface area contributed by atoms with E-state index >= 15 is 0 Å². The summed E-state index contributed by atoms with van der Waals surface area (Å²) < 4.78 is 4.86. The van der Waals surface area contributed by atoms with Gasteiger partial charge in [0.15, 0.2) is 5.16 Å². The Morgan fingerprint density at radius 3 is 2.79 bits per heavy atom. The topological polar surface area (TPSA) is 78.1 Å². The number of carbonyl (C=O) groups is 1. The SMILES string of the molecule is COCC(Sc1ncccn1)C(N)=O. The van der Waals surface area contributed by atoms with Crippen molar-refractivity contribution in [1.29, 1.82) is 0 Å². The van der Waals surface area contributed by atoms with Crippen molar-refractivity contribution < 1.29 is 9.53 Å². The lowest BCUT2D eigenvalue weighted by Gasteiger charge is -2.09. The molecule has 1 unspecified atom stereocenters. The largest absolute Gasteiger partial charge is 0.383 e. The zero-order chi connectivity index (χ0) is 10.4. The molecule has 0 radical (unpaired) electrons. The Kier molecular flexibility index (Phi) is 4.34. The molecule has 0 saturated carbocycles. The summed E-state index contributed by atoms with van der Waals surface area (Å²) in [6.07, 6.45) is 3.22. The molecule has 1 aromatic rings. The van der Waals surface area contributed by atoms with Crippen LogP contribution in [-0.4, -0.2) is 34.8 Å². The highest BCUT2D eigenvalue weighted by atomic mass is 32.2. The van der Waals surface area contributed by atoms with Gasteiger partial charge in [0, 0.05) is 19.5 Å². The fourth-order valence-electron chi connectivity index (χ4n) is 0.799. The second-order valence-corrected chi connectivity index (χ2v) is 3.67. The van der Waals surface area contributed by atoms with Crippen LogP contribution >= 0.6 is 11.8 Å². The minimum absolute atomic E-state index is 0.262. The number of hydrogen-bond acceptors (Lipinski definition) is 5. The molecular weight excluding hydrogens is 202 g/mol. The summed E-state index contributed by atoms with van der Waals surface area (Å²) in [5, 5.41) is 0.0794. The average Bonchev–Trinajstić information content (AvgIpc) is 2.18. The highest BCUT2D eigenvalue weighted by molar-refractivity contribution is 8.00. The molecular formula is C8H11N3O2S. The Morgan fingerprint density at radius 2 is 2.29 bits per heavy atom. The molecule has 0 spiro atoms. The quantitative estimate of drug-likeness (QED) is 0.553. The fourth-order valence-corrected chi connectivity index (χ4v) is 1.62. The molecule has 0 fully saturated rings. The number of thioether (sulfide) groups is 1. The van der Waals surface area contributed by atoms with E-state index < -0.39 is 11.2 Å². The molecule has 76 valence electrons. The molecule has 0 saturated heterocycles. The standard InChI is InChI=1S/C8H11N3O2S/c1-13-5-6(7(9)12)14-8-10-3-2-4-11-8/h2-4,6H,5H2,1H3,(H2,9,12). The average molecular weight is 213 g/mol. The summed E-state index contributed by atoms with van der Waals surface area (Å²) in [5.74, 6) is -0.427. The molecule has 0 aromatic carbocycles. The molecule has 0 aliphatic heterocycles. The molecule has 0 bridgehead atoms. The van der Waals surface area contributed by atoms with Gasteiger partial charge in [-0.2, -0.15) is 0 Å². The predicted molar refractivity (Wildman–Crippen MR) is 52.7 cm³/mol. The Labute approximate surface area is 86.1 Å². The van der Waals surface area contributed by atoms with Gasteiger partial charge >= 0.3 is 0 Å². The number of hydrogen-bond donors (Lipinski definition) is 1. The number of nitrogens with two attached hydrogens (primary N) is 1. The van der Waals surface area contributed by atoms with Crippen LogP contribution in [0.2, 0.25) is 0 Å². The van der Waals surface area contributed by atoms with Gasteiger partial charge in [-0.05, 0) is 6.07 Å². The van der Waals surface area contributed by atoms with E-state index in [0.29, 0.717) is 5.16 Å². The number of carbonyl (C=O) groups excluding carboxylic acids is 1. The van der Waals surface area contributed by atoms with Gasteiger partial charge in [0.25, 0.3) is 0 Å². The summed E-state index contributed by atoms with van der Waals surface area (Å²) in [5.41, 5.74) is 5.18. The van der Waals surface area contributed by atoms with Gasteiger partial charge in [0.05, 0.1) is 6.61 Å². The molecule has 6 heteroatoms. The van der Waals surface area contributed by atoms with Gasteiger partial charge in [-0.3, -0.25) is 4.79 Å². The number of primary amides is 1. The summed E-state index contributed by atoms with van der Waals surface area (Å²) in [6.45, 7) is 0.262. The normalized spacial score (nSPS) is 12.4. The van der Waals surface area contributed by atoms with Crippen LogP contribution in [0.5, 0.6) is 0 Å². The first-order valence-electron chi connectivity index (χ1n) is 3.96. The maximum absolute atomic E-state index is 11.0. The highest BCUT2D eigenvalue weighted by Gasteiger charge is 2.17. The van der Waals surface area contributed by atoms with Crippen molar-refractivity contribution in [2.45, 2.75) is 10.4 Å². The molecule has 5 nitrogen and oxygen atoms in total. The highest BCUT2D eigenvalue weighted by Crippen LogP contribution is 2.18. The number of ether oxygens (including phenoxy) is 1.